The van der Waals surface area contributed by atoms with Gasteiger partial charge < -0.3 is 25.4 Å². The van der Waals surface area contributed by atoms with E-state index in [4.69, 9.17) is 9.47 Å². The van der Waals surface area contributed by atoms with Crippen molar-refractivity contribution in [2.24, 2.45) is 0 Å². The van der Waals surface area contributed by atoms with Crippen LogP contribution in [0.1, 0.15) is 32.3 Å². The first-order chi connectivity index (χ1) is 24.6. The Hall–Kier alpha value is -6.40. The fraction of sp³-hybridized carbons (Fsp3) is 0.103. The second-order valence-corrected chi connectivity index (χ2v) is 12.3. The summed E-state index contributed by atoms with van der Waals surface area (Å²) in [5.74, 6) is -0.355. The van der Waals surface area contributed by atoms with E-state index in [1.807, 2.05) is 30.3 Å². The molecular weight excluding hydrogens is 669 g/mol. The van der Waals surface area contributed by atoms with Gasteiger partial charge in [-0.3, -0.25) is 24.5 Å². The molecule has 0 aromatic heterocycles. The van der Waals surface area contributed by atoms with Crippen LogP contribution in [0, 0.1) is 17.0 Å². The molecule has 0 spiro atoms. The molecule has 0 saturated carbocycles. The Kier molecular flexibility index (Phi) is 11.8. The standard InChI is InChI=1S/C39H34N4O7S/c1-25-22-30(43(47)48)17-20-32(25)41-39(46)36(27-10-6-4-7-11-27)51-31-18-15-29(16-19-31)40-38(45)33(42-37(44)28-12-8-5-9-13-28)23-26-14-21-34(49-2)35(24-26)50-3/h4-24,36H,1-3H3,(H,40,45)(H,41,46)(H,42,44)/b33-23-. The van der Waals surface area contributed by atoms with Crippen LogP contribution in [0.2, 0.25) is 0 Å². The number of anilines is 2. The van der Waals surface area contributed by atoms with Gasteiger partial charge in [-0.2, -0.15) is 0 Å². The van der Waals surface area contributed by atoms with Crippen molar-refractivity contribution in [1.29, 1.82) is 0 Å². The van der Waals surface area contributed by atoms with Crippen LogP contribution in [-0.4, -0.2) is 36.9 Å². The highest BCUT2D eigenvalue weighted by atomic mass is 32.2. The predicted molar refractivity (Wildman–Crippen MR) is 198 cm³/mol. The number of ether oxygens (including phenoxy) is 2. The lowest BCUT2D eigenvalue weighted by molar-refractivity contribution is -0.384. The molecule has 12 heteroatoms. The SMILES string of the molecule is COc1ccc(/C=C(\NC(=O)c2ccccc2)C(=O)Nc2ccc(SC(C(=O)Nc3ccc([N+](=O)[O-])cc3C)c3ccccc3)cc2)cc1OC. The van der Waals surface area contributed by atoms with E-state index >= 15 is 0 Å². The number of nitrogens with one attached hydrogen (secondary N) is 3. The molecule has 1 unspecified atom stereocenters. The highest BCUT2D eigenvalue weighted by Crippen LogP contribution is 2.37. The first kappa shape index (κ1) is 35.9. The van der Waals surface area contributed by atoms with Gasteiger partial charge in [0.25, 0.3) is 17.5 Å². The lowest BCUT2D eigenvalue weighted by atomic mass is 10.1. The number of carbonyl (C=O) groups excluding carboxylic acids is 3. The fourth-order valence-electron chi connectivity index (χ4n) is 5.00. The summed E-state index contributed by atoms with van der Waals surface area (Å²) in [6.07, 6.45) is 1.54. The Labute approximate surface area is 298 Å². The number of amides is 3. The number of hydrogen-bond acceptors (Lipinski definition) is 8. The molecule has 5 aromatic rings. The highest BCUT2D eigenvalue weighted by Gasteiger charge is 2.23. The zero-order valence-electron chi connectivity index (χ0n) is 27.9. The molecule has 0 aliphatic heterocycles. The van der Waals surface area contributed by atoms with Crippen LogP contribution in [0.3, 0.4) is 0 Å². The predicted octanol–water partition coefficient (Wildman–Crippen LogP) is 7.80. The summed E-state index contributed by atoms with van der Waals surface area (Å²) in [6.45, 7) is 1.70. The topological polar surface area (TPSA) is 149 Å². The van der Waals surface area contributed by atoms with E-state index in [0.29, 0.717) is 39.6 Å². The quantitative estimate of drug-likeness (QED) is 0.0487. The van der Waals surface area contributed by atoms with Crippen molar-refractivity contribution in [2.45, 2.75) is 17.1 Å². The summed E-state index contributed by atoms with van der Waals surface area (Å²) in [5, 5.41) is 19.0. The van der Waals surface area contributed by atoms with Gasteiger partial charge in [-0.05, 0) is 84.3 Å². The molecule has 258 valence electrons. The molecule has 51 heavy (non-hydrogen) atoms. The van der Waals surface area contributed by atoms with Gasteiger partial charge in [0.1, 0.15) is 10.9 Å². The van der Waals surface area contributed by atoms with Crippen molar-refractivity contribution in [1.82, 2.24) is 5.32 Å². The third-order valence-corrected chi connectivity index (χ3v) is 8.90. The van der Waals surface area contributed by atoms with E-state index in [1.165, 1.54) is 50.3 Å². The summed E-state index contributed by atoms with van der Waals surface area (Å²) in [5.41, 5.74) is 3.16. The molecule has 0 aliphatic carbocycles. The Balaban J connectivity index is 1.35. The number of benzene rings is 5. The van der Waals surface area contributed by atoms with Crippen LogP contribution in [0.25, 0.3) is 6.08 Å². The summed E-state index contributed by atoms with van der Waals surface area (Å²) in [6, 6.07) is 34.2. The number of nitro groups is 1. The number of non-ortho nitro benzene ring substituents is 1. The van der Waals surface area contributed by atoms with Crippen molar-refractivity contribution in [3.63, 3.8) is 0 Å². The normalized spacial score (nSPS) is 11.5. The van der Waals surface area contributed by atoms with Crippen LogP contribution in [0.4, 0.5) is 17.1 Å². The van der Waals surface area contributed by atoms with E-state index in [2.05, 4.69) is 16.0 Å². The first-order valence-electron chi connectivity index (χ1n) is 15.6. The molecule has 1 atom stereocenters. The maximum absolute atomic E-state index is 13.6. The number of nitrogens with zero attached hydrogens (tertiary/aromatic N) is 1. The lowest BCUT2D eigenvalue weighted by Crippen LogP contribution is -2.30. The van der Waals surface area contributed by atoms with Crippen LogP contribution in [-0.2, 0) is 9.59 Å². The Morgan fingerprint density at radius 3 is 2.08 bits per heavy atom. The van der Waals surface area contributed by atoms with Gasteiger partial charge in [-0.15, -0.1) is 11.8 Å². The number of nitro benzene ring substituents is 1. The zero-order valence-corrected chi connectivity index (χ0v) is 28.7. The minimum atomic E-state index is -0.662. The maximum Gasteiger partial charge on any atom is 0.272 e. The van der Waals surface area contributed by atoms with Gasteiger partial charge in [0.05, 0.1) is 19.1 Å². The smallest absolute Gasteiger partial charge is 0.272 e. The van der Waals surface area contributed by atoms with E-state index in [0.717, 1.165) is 10.5 Å². The number of hydrogen-bond donors (Lipinski definition) is 3. The monoisotopic (exact) mass is 702 g/mol. The number of thioether (sulfide) groups is 1. The minimum absolute atomic E-state index is 0.00289. The van der Waals surface area contributed by atoms with Gasteiger partial charge in [0.15, 0.2) is 11.5 Å². The van der Waals surface area contributed by atoms with Gasteiger partial charge in [0.2, 0.25) is 5.91 Å². The molecule has 0 bridgehead atoms. The number of rotatable bonds is 13. The van der Waals surface area contributed by atoms with Crippen LogP contribution >= 0.6 is 11.8 Å². The summed E-state index contributed by atoms with van der Waals surface area (Å²) in [4.78, 5) is 51.7. The Bertz CT molecular complexity index is 2070. The Morgan fingerprint density at radius 1 is 0.784 bits per heavy atom. The third kappa shape index (κ3) is 9.40. The zero-order chi connectivity index (χ0) is 36.3. The molecule has 5 rings (SSSR count). The average molecular weight is 703 g/mol. The van der Waals surface area contributed by atoms with Crippen LogP contribution in [0.15, 0.2) is 132 Å². The van der Waals surface area contributed by atoms with Crippen molar-refractivity contribution in [3.05, 3.63) is 159 Å². The van der Waals surface area contributed by atoms with E-state index in [-0.39, 0.29) is 17.3 Å². The van der Waals surface area contributed by atoms with E-state index in [1.54, 1.807) is 79.7 Å². The molecule has 0 fully saturated rings. The largest absolute Gasteiger partial charge is 0.493 e. The molecule has 3 amide bonds. The first-order valence-corrected chi connectivity index (χ1v) is 16.5. The Morgan fingerprint density at radius 2 is 1.45 bits per heavy atom. The molecule has 0 radical (unpaired) electrons. The van der Waals surface area contributed by atoms with E-state index in [9.17, 15) is 24.5 Å². The molecule has 0 aliphatic rings. The van der Waals surface area contributed by atoms with Gasteiger partial charge in [-0.1, -0.05) is 54.6 Å². The van der Waals surface area contributed by atoms with Crippen molar-refractivity contribution in [2.75, 3.05) is 24.9 Å². The molecule has 0 heterocycles. The fourth-order valence-corrected chi connectivity index (χ4v) is 6.03. The van der Waals surface area contributed by atoms with Gasteiger partial charge >= 0.3 is 0 Å². The number of carbonyl (C=O) groups is 3. The second-order valence-electron chi connectivity index (χ2n) is 11.1. The van der Waals surface area contributed by atoms with Crippen molar-refractivity contribution in [3.8, 4) is 11.5 Å². The van der Waals surface area contributed by atoms with Crippen molar-refractivity contribution >= 4 is 52.6 Å². The minimum Gasteiger partial charge on any atom is -0.493 e. The van der Waals surface area contributed by atoms with E-state index < -0.39 is 22.0 Å². The highest BCUT2D eigenvalue weighted by molar-refractivity contribution is 8.00. The van der Waals surface area contributed by atoms with Gasteiger partial charge in [0, 0.05) is 34.0 Å². The summed E-state index contributed by atoms with van der Waals surface area (Å²) in [7, 11) is 3.03. The van der Waals surface area contributed by atoms with Gasteiger partial charge in [-0.25, -0.2) is 0 Å². The number of aryl methyl sites for hydroxylation is 1. The molecule has 5 aromatic carbocycles. The molecule has 3 N–H and O–H groups in total. The molecule has 11 nitrogen and oxygen atoms in total. The van der Waals surface area contributed by atoms with Crippen molar-refractivity contribution < 1.29 is 28.8 Å². The second kappa shape index (κ2) is 16.8. The van der Waals surface area contributed by atoms with Crippen LogP contribution < -0.4 is 25.4 Å². The third-order valence-electron chi connectivity index (χ3n) is 7.63. The number of methoxy groups -OCH3 is 2. The maximum atomic E-state index is 13.6. The summed E-state index contributed by atoms with van der Waals surface area (Å²) < 4.78 is 10.7. The van der Waals surface area contributed by atoms with Crippen LogP contribution in [0.5, 0.6) is 11.5 Å². The lowest BCUT2D eigenvalue weighted by Gasteiger charge is -2.18. The summed E-state index contributed by atoms with van der Waals surface area (Å²) >= 11 is 1.31. The average Bonchev–Trinajstić information content (AvgIpc) is 3.15. The molecular formula is C39H34N4O7S. The molecule has 0 saturated heterocycles.